The Kier molecular flexibility index (Phi) is 5.72. The Morgan fingerprint density at radius 1 is 1.45 bits per heavy atom. The number of nitrogens with two attached hydrogens (primary N) is 1. The van der Waals surface area contributed by atoms with Gasteiger partial charge in [-0.2, -0.15) is 0 Å². The summed E-state index contributed by atoms with van der Waals surface area (Å²) in [6, 6.07) is 0. The number of nitrogens with one attached hydrogen (secondary N) is 2. The second-order valence-corrected chi connectivity index (χ2v) is 7.08. The first kappa shape index (κ1) is 16.7. The van der Waals surface area contributed by atoms with Gasteiger partial charge in [0.15, 0.2) is 5.13 Å². The molecule has 0 atom stereocenters. The van der Waals surface area contributed by atoms with Crippen LogP contribution in [0, 0.1) is 0 Å². The highest BCUT2D eigenvalue weighted by Gasteiger charge is 2.17. The molecule has 1 heterocycles. The first-order chi connectivity index (χ1) is 9.26. The van der Waals surface area contributed by atoms with Crippen LogP contribution in [0.25, 0.3) is 0 Å². The molecule has 20 heavy (non-hydrogen) atoms. The van der Waals surface area contributed by atoms with Crippen LogP contribution < -0.4 is 20.7 Å². The minimum Gasteiger partial charge on any atom is -0.382 e. The molecule has 0 fully saturated rings. The summed E-state index contributed by atoms with van der Waals surface area (Å²) in [4.78, 5) is 18.0. The lowest BCUT2D eigenvalue weighted by Crippen LogP contribution is -2.34. The zero-order valence-corrected chi connectivity index (χ0v) is 13.3. The number of anilines is 2. The summed E-state index contributed by atoms with van der Waals surface area (Å²) in [5, 5.41) is 3.14. The van der Waals surface area contributed by atoms with Crippen LogP contribution in [-0.4, -0.2) is 52.2 Å². The van der Waals surface area contributed by atoms with Crippen LogP contribution in [0.3, 0.4) is 0 Å². The lowest BCUT2D eigenvalue weighted by molar-refractivity contribution is 0.0961. The van der Waals surface area contributed by atoms with Gasteiger partial charge in [-0.1, -0.05) is 18.3 Å². The predicted octanol–water partition coefficient (Wildman–Crippen LogP) is -0.540. The van der Waals surface area contributed by atoms with Gasteiger partial charge in [-0.05, 0) is 0 Å². The average Bonchev–Trinajstić information content (AvgIpc) is 2.71. The first-order valence-electron chi connectivity index (χ1n) is 5.96. The number of carbonyl (C=O) groups excluding carboxylic acids is 1. The smallest absolute Gasteiger partial charge is 0.265 e. The van der Waals surface area contributed by atoms with Crippen molar-refractivity contribution in [3.05, 3.63) is 4.88 Å². The van der Waals surface area contributed by atoms with Crippen molar-refractivity contribution in [1.29, 1.82) is 0 Å². The fourth-order valence-electron chi connectivity index (χ4n) is 1.35. The maximum atomic E-state index is 11.9. The number of sulfonamides is 1. The van der Waals surface area contributed by atoms with Crippen LogP contribution >= 0.6 is 11.3 Å². The van der Waals surface area contributed by atoms with Crippen molar-refractivity contribution >= 4 is 38.2 Å². The van der Waals surface area contributed by atoms with E-state index in [2.05, 4.69) is 15.0 Å². The highest BCUT2D eigenvalue weighted by molar-refractivity contribution is 7.89. The van der Waals surface area contributed by atoms with Crippen molar-refractivity contribution in [2.24, 2.45) is 0 Å². The highest BCUT2D eigenvalue weighted by Crippen LogP contribution is 2.26. The standard InChI is InChI=1S/C10H19N5O3S2/c1-4-13-20(17,18)6-5-12-9(16)7-8(11)14-10(19-7)15(2)3/h13H,4-6,11H2,1-3H3,(H,12,16). The zero-order chi connectivity index (χ0) is 15.3. The van der Waals surface area contributed by atoms with E-state index in [-0.39, 0.29) is 23.0 Å². The van der Waals surface area contributed by atoms with Crippen LogP contribution in [-0.2, 0) is 10.0 Å². The van der Waals surface area contributed by atoms with Gasteiger partial charge in [0.1, 0.15) is 10.7 Å². The van der Waals surface area contributed by atoms with Crippen molar-refractivity contribution in [1.82, 2.24) is 15.0 Å². The summed E-state index contributed by atoms with van der Waals surface area (Å²) in [6.07, 6.45) is 0. The van der Waals surface area contributed by atoms with E-state index < -0.39 is 15.9 Å². The van der Waals surface area contributed by atoms with Crippen LogP contribution in [0.4, 0.5) is 10.9 Å². The molecule has 1 aromatic heterocycles. The van der Waals surface area contributed by atoms with Crippen molar-refractivity contribution in [2.45, 2.75) is 6.92 Å². The summed E-state index contributed by atoms with van der Waals surface area (Å²) < 4.78 is 25.2. The maximum absolute atomic E-state index is 11.9. The Morgan fingerprint density at radius 3 is 2.60 bits per heavy atom. The van der Waals surface area contributed by atoms with E-state index in [4.69, 9.17) is 5.73 Å². The molecular formula is C10H19N5O3S2. The molecule has 1 rings (SSSR count). The molecule has 0 aromatic carbocycles. The Balaban J connectivity index is 2.60. The molecule has 114 valence electrons. The normalized spacial score (nSPS) is 11.3. The third-order valence-corrected chi connectivity index (χ3v) is 4.96. The number of amides is 1. The molecule has 10 heteroatoms. The lowest BCUT2D eigenvalue weighted by Gasteiger charge is -2.06. The lowest BCUT2D eigenvalue weighted by atomic mass is 10.4. The zero-order valence-electron chi connectivity index (χ0n) is 11.6. The minimum absolute atomic E-state index is 0.0167. The molecule has 0 radical (unpaired) electrons. The Bertz CT molecular complexity index is 567. The summed E-state index contributed by atoms with van der Waals surface area (Å²) in [6.45, 7) is 2.03. The number of hydrogen-bond donors (Lipinski definition) is 3. The average molecular weight is 321 g/mol. The first-order valence-corrected chi connectivity index (χ1v) is 8.43. The van der Waals surface area contributed by atoms with Crippen molar-refractivity contribution in [2.75, 3.05) is 43.6 Å². The molecule has 0 aliphatic heterocycles. The SMILES string of the molecule is CCNS(=O)(=O)CCNC(=O)c1sc(N(C)C)nc1N. The fraction of sp³-hybridized carbons (Fsp3) is 0.600. The van der Waals surface area contributed by atoms with E-state index in [1.54, 1.807) is 25.9 Å². The molecule has 0 unspecified atom stereocenters. The molecule has 1 aromatic rings. The third kappa shape index (κ3) is 4.62. The van der Waals surface area contributed by atoms with Gasteiger partial charge in [0.05, 0.1) is 5.75 Å². The number of hydrogen-bond acceptors (Lipinski definition) is 7. The predicted molar refractivity (Wildman–Crippen MR) is 80.7 cm³/mol. The number of nitrogen functional groups attached to an aromatic ring is 1. The second kappa shape index (κ2) is 6.86. The van der Waals surface area contributed by atoms with E-state index in [1.807, 2.05) is 0 Å². The monoisotopic (exact) mass is 321 g/mol. The molecule has 0 saturated heterocycles. The maximum Gasteiger partial charge on any atom is 0.265 e. The van der Waals surface area contributed by atoms with Crippen LogP contribution in [0.5, 0.6) is 0 Å². The van der Waals surface area contributed by atoms with Gasteiger partial charge >= 0.3 is 0 Å². The third-order valence-electron chi connectivity index (χ3n) is 2.25. The Hall–Kier alpha value is -1.39. The molecule has 0 aliphatic rings. The summed E-state index contributed by atoms with van der Waals surface area (Å²) in [5.41, 5.74) is 5.67. The molecule has 0 bridgehead atoms. The van der Waals surface area contributed by atoms with Crippen LogP contribution in [0.2, 0.25) is 0 Å². The van der Waals surface area contributed by atoms with E-state index in [1.165, 1.54) is 0 Å². The van der Waals surface area contributed by atoms with Gasteiger partial charge in [0.25, 0.3) is 5.91 Å². The molecule has 0 aliphatic carbocycles. The number of carbonyl (C=O) groups is 1. The number of aromatic nitrogens is 1. The van der Waals surface area contributed by atoms with Gasteiger partial charge in [-0.25, -0.2) is 18.1 Å². The molecular weight excluding hydrogens is 302 g/mol. The molecule has 4 N–H and O–H groups in total. The molecule has 8 nitrogen and oxygen atoms in total. The van der Waals surface area contributed by atoms with E-state index in [9.17, 15) is 13.2 Å². The van der Waals surface area contributed by atoms with Crippen LogP contribution in [0.1, 0.15) is 16.6 Å². The highest BCUT2D eigenvalue weighted by atomic mass is 32.2. The van der Waals surface area contributed by atoms with Gasteiger partial charge < -0.3 is 16.0 Å². The topological polar surface area (TPSA) is 117 Å². The van der Waals surface area contributed by atoms with Gasteiger partial charge in [-0.15, -0.1) is 0 Å². The number of nitrogens with zero attached hydrogens (tertiary/aromatic N) is 2. The summed E-state index contributed by atoms with van der Waals surface area (Å²) >= 11 is 1.16. The largest absolute Gasteiger partial charge is 0.382 e. The quantitative estimate of drug-likeness (QED) is 0.621. The fourth-order valence-corrected chi connectivity index (χ4v) is 3.12. The number of rotatable bonds is 7. The van der Waals surface area contributed by atoms with E-state index >= 15 is 0 Å². The van der Waals surface area contributed by atoms with Crippen molar-refractivity contribution in [3.63, 3.8) is 0 Å². The minimum atomic E-state index is -3.34. The summed E-state index contributed by atoms with van der Waals surface area (Å²) in [7, 11) is 0.245. The van der Waals surface area contributed by atoms with E-state index in [0.717, 1.165) is 11.3 Å². The van der Waals surface area contributed by atoms with E-state index in [0.29, 0.717) is 11.7 Å². The molecule has 0 spiro atoms. The second-order valence-electron chi connectivity index (χ2n) is 4.18. The van der Waals surface area contributed by atoms with Gasteiger partial charge in [-0.3, -0.25) is 4.79 Å². The Labute approximate surface area is 122 Å². The van der Waals surface area contributed by atoms with Gasteiger partial charge in [0, 0.05) is 27.2 Å². The number of thiazole rings is 1. The summed E-state index contributed by atoms with van der Waals surface area (Å²) in [5.74, 6) is -0.447. The Morgan fingerprint density at radius 2 is 2.10 bits per heavy atom. The molecule has 0 saturated carbocycles. The van der Waals surface area contributed by atoms with Crippen molar-refractivity contribution in [3.8, 4) is 0 Å². The van der Waals surface area contributed by atoms with Crippen molar-refractivity contribution < 1.29 is 13.2 Å². The molecule has 1 amide bonds. The van der Waals surface area contributed by atoms with Gasteiger partial charge in [0.2, 0.25) is 10.0 Å². The van der Waals surface area contributed by atoms with Crippen LogP contribution in [0.15, 0.2) is 0 Å².